The average molecular weight is 389 g/mol. The number of halogens is 1. The second kappa shape index (κ2) is 8.61. The van der Waals surface area contributed by atoms with Gasteiger partial charge < -0.3 is 9.80 Å². The number of piperidine rings is 1. The van der Waals surface area contributed by atoms with Gasteiger partial charge in [-0.2, -0.15) is 0 Å². The molecule has 0 unspecified atom stereocenters. The normalized spacial score (nSPS) is 17.2. The molecule has 0 aliphatic carbocycles. The topological polar surface area (TPSA) is 53.5 Å². The molecule has 5 nitrogen and oxygen atoms in total. The van der Waals surface area contributed by atoms with Gasteiger partial charge in [0.25, 0.3) is 0 Å². The Balaban J connectivity index is 1.56. The minimum Gasteiger partial charge on any atom is -0.342 e. The minimum atomic E-state index is -0.274. The van der Waals surface area contributed by atoms with E-state index in [1.54, 1.807) is 34.3 Å². The van der Waals surface area contributed by atoms with Crippen LogP contribution in [0.15, 0.2) is 29.6 Å². The first kappa shape index (κ1) is 19.5. The van der Waals surface area contributed by atoms with E-state index in [2.05, 4.69) is 4.98 Å². The van der Waals surface area contributed by atoms with Crippen LogP contribution in [0, 0.1) is 18.7 Å². The number of likely N-dealkylation sites (tertiary alicyclic amines) is 1. The molecule has 27 heavy (non-hydrogen) atoms. The molecule has 2 aromatic rings. The minimum absolute atomic E-state index is 0.0453. The Bertz CT molecular complexity index is 823. The fourth-order valence-electron chi connectivity index (χ4n) is 3.40. The van der Waals surface area contributed by atoms with Crippen molar-refractivity contribution < 1.29 is 14.0 Å². The van der Waals surface area contributed by atoms with E-state index in [4.69, 9.17) is 0 Å². The van der Waals surface area contributed by atoms with Crippen molar-refractivity contribution in [2.75, 3.05) is 20.1 Å². The van der Waals surface area contributed by atoms with Crippen molar-refractivity contribution in [2.24, 2.45) is 5.92 Å². The molecule has 2 heterocycles. The fraction of sp³-hybridized carbons (Fsp3) is 0.450. The molecule has 1 fully saturated rings. The summed E-state index contributed by atoms with van der Waals surface area (Å²) in [6.07, 6.45) is 1.54. The molecule has 1 atom stereocenters. The van der Waals surface area contributed by atoms with E-state index in [9.17, 15) is 14.0 Å². The molecule has 0 bridgehead atoms. The zero-order valence-electron chi connectivity index (χ0n) is 15.7. The lowest BCUT2D eigenvalue weighted by molar-refractivity contribution is -0.142. The second-order valence-corrected chi connectivity index (χ2v) is 8.07. The molecule has 2 amide bonds. The van der Waals surface area contributed by atoms with Gasteiger partial charge in [0.2, 0.25) is 11.8 Å². The van der Waals surface area contributed by atoms with Crippen molar-refractivity contribution in [1.29, 1.82) is 0 Å². The summed E-state index contributed by atoms with van der Waals surface area (Å²) in [5.74, 6) is -0.360. The Morgan fingerprint density at radius 2 is 2.26 bits per heavy atom. The maximum Gasteiger partial charge on any atom is 0.227 e. The lowest BCUT2D eigenvalue weighted by atomic mass is 9.95. The molecule has 1 aliphatic heterocycles. The number of nitrogens with zero attached hydrogens (tertiary/aromatic N) is 3. The highest BCUT2D eigenvalue weighted by Crippen LogP contribution is 2.21. The predicted octanol–water partition coefficient (Wildman–Crippen LogP) is 3.03. The molecule has 0 radical (unpaired) electrons. The first-order chi connectivity index (χ1) is 12.9. The van der Waals surface area contributed by atoms with Gasteiger partial charge in [-0.3, -0.25) is 9.59 Å². The smallest absolute Gasteiger partial charge is 0.227 e. The standard InChI is InChI=1S/C20H24FN3O2S/c1-14-22-18(13-27-14)12-23(2)20(26)16-6-7-19(25)24(11-16)9-8-15-4-3-5-17(21)10-15/h3-5,10,13,16H,6-9,11-12H2,1-2H3/t16-/m1/s1. The Kier molecular flexibility index (Phi) is 6.21. The maximum atomic E-state index is 13.3. The molecule has 1 aliphatic rings. The molecular weight excluding hydrogens is 365 g/mol. The third-order valence-corrected chi connectivity index (χ3v) is 5.67. The summed E-state index contributed by atoms with van der Waals surface area (Å²) >= 11 is 1.57. The van der Waals surface area contributed by atoms with E-state index in [-0.39, 0.29) is 23.5 Å². The Morgan fingerprint density at radius 3 is 2.96 bits per heavy atom. The number of carbonyl (C=O) groups is 2. The van der Waals surface area contributed by atoms with Gasteiger partial charge in [-0.05, 0) is 37.5 Å². The molecule has 3 rings (SSSR count). The molecular formula is C20H24FN3O2S. The summed E-state index contributed by atoms with van der Waals surface area (Å²) < 4.78 is 13.3. The Hall–Kier alpha value is -2.28. The summed E-state index contributed by atoms with van der Waals surface area (Å²) in [6.45, 7) is 3.35. The maximum absolute atomic E-state index is 13.3. The highest BCUT2D eigenvalue weighted by Gasteiger charge is 2.31. The van der Waals surface area contributed by atoms with Gasteiger partial charge in [-0.15, -0.1) is 11.3 Å². The lowest BCUT2D eigenvalue weighted by Crippen LogP contribution is -2.46. The quantitative estimate of drug-likeness (QED) is 0.763. The Morgan fingerprint density at radius 1 is 1.44 bits per heavy atom. The van der Waals surface area contributed by atoms with Crippen LogP contribution in [0.5, 0.6) is 0 Å². The van der Waals surface area contributed by atoms with Gasteiger partial charge in [-0.25, -0.2) is 9.37 Å². The first-order valence-corrected chi connectivity index (χ1v) is 9.98. The van der Waals surface area contributed by atoms with E-state index in [0.717, 1.165) is 16.3 Å². The summed E-state index contributed by atoms with van der Waals surface area (Å²) in [5, 5.41) is 2.95. The van der Waals surface area contributed by atoms with Crippen molar-refractivity contribution in [1.82, 2.24) is 14.8 Å². The van der Waals surface area contributed by atoms with Crippen molar-refractivity contribution >= 4 is 23.2 Å². The molecule has 0 spiro atoms. The molecule has 0 saturated carbocycles. The van der Waals surface area contributed by atoms with Gasteiger partial charge in [0, 0.05) is 31.9 Å². The Labute approximate surface area is 162 Å². The van der Waals surface area contributed by atoms with Crippen LogP contribution in [-0.4, -0.2) is 46.7 Å². The van der Waals surface area contributed by atoms with Gasteiger partial charge in [0.1, 0.15) is 5.82 Å². The predicted molar refractivity (Wildman–Crippen MR) is 103 cm³/mol. The van der Waals surface area contributed by atoms with Crippen LogP contribution in [0.3, 0.4) is 0 Å². The van der Waals surface area contributed by atoms with Crippen molar-refractivity contribution in [2.45, 2.75) is 32.7 Å². The fourth-order valence-corrected chi connectivity index (χ4v) is 4.01. The van der Waals surface area contributed by atoms with Crippen LogP contribution in [0.4, 0.5) is 4.39 Å². The van der Waals surface area contributed by atoms with E-state index in [1.165, 1.54) is 12.1 Å². The SMILES string of the molecule is Cc1nc(CN(C)C(=O)[C@@H]2CCC(=O)N(CCc3cccc(F)c3)C2)cs1. The second-order valence-electron chi connectivity index (χ2n) is 7.01. The average Bonchev–Trinajstić information content (AvgIpc) is 3.05. The number of aromatic nitrogens is 1. The number of amides is 2. The summed E-state index contributed by atoms with van der Waals surface area (Å²) in [7, 11) is 1.78. The molecule has 7 heteroatoms. The number of aryl methyl sites for hydroxylation is 1. The van der Waals surface area contributed by atoms with Crippen LogP contribution < -0.4 is 0 Å². The third kappa shape index (κ3) is 5.13. The van der Waals surface area contributed by atoms with Crippen molar-refractivity contribution in [3.05, 3.63) is 51.7 Å². The summed E-state index contributed by atoms with van der Waals surface area (Å²) in [5.41, 5.74) is 1.75. The number of hydrogen-bond donors (Lipinski definition) is 0. The highest BCUT2D eigenvalue weighted by atomic mass is 32.1. The van der Waals surface area contributed by atoms with Crippen molar-refractivity contribution in [3.63, 3.8) is 0 Å². The summed E-state index contributed by atoms with van der Waals surface area (Å²) in [4.78, 5) is 32.9. The van der Waals surface area contributed by atoms with Gasteiger partial charge in [-0.1, -0.05) is 12.1 Å². The van der Waals surface area contributed by atoms with Crippen LogP contribution in [-0.2, 0) is 22.6 Å². The number of thiazole rings is 1. The van der Waals surface area contributed by atoms with Gasteiger partial charge in [0.05, 0.1) is 23.2 Å². The monoisotopic (exact) mass is 389 g/mol. The zero-order valence-corrected chi connectivity index (χ0v) is 16.5. The van der Waals surface area contributed by atoms with Crippen LogP contribution >= 0.6 is 11.3 Å². The molecule has 144 valence electrons. The lowest BCUT2D eigenvalue weighted by Gasteiger charge is -2.33. The molecule has 1 saturated heterocycles. The summed E-state index contributed by atoms with van der Waals surface area (Å²) in [6, 6.07) is 6.42. The third-order valence-electron chi connectivity index (χ3n) is 4.85. The van der Waals surface area contributed by atoms with E-state index >= 15 is 0 Å². The molecule has 1 aromatic heterocycles. The number of rotatable bonds is 6. The van der Waals surface area contributed by atoms with Crippen molar-refractivity contribution in [3.8, 4) is 0 Å². The first-order valence-electron chi connectivity index (χ1n) is 9.10. The number of carbonyl (C=O) groups excluding carboxylic acids is 2. The van der Waals surface area contributed by atoms with Gasteiger partial charge >= 0.3 is 0 Å². The van der Waals surface area contributed by atoms with E-state index in [0.29, 0.717) is 38.9 Å². The largest absolute Gasteiger partial charge is 0.342 e. The van der Waals surface area contributed by atoms with Crippen LogP contribution in [0.25, 0.3) is 0 Å². The highest BCUT2D eigenvalue weighted by molar-refractivity contribution is 7.09. The van der Waals surface area contributed by atoms with Crippen LogP contribution in [0.2, 0.25) is 0 Å². The van der Waals surface area contributed by atoms with Gasteiger partial charge in [0.15, 0.2) is 0 Å². The number of hydrogen-bond acceptors (Lipinski definition) is 4. The molecule has 1 aromatic carbocycles. The van der Waals surface area contributed by atoms with E-state index < -0.39 is 0 Å². The van der Waals surface area contributed by atoms with Crippen LogP contribution in [0.1, 0.15) is 29.1 Å². The molecule has 0 N–H and O–H groups in total. The zero-order chi connectivity index (χ0) is 19.4. The number of benzene rings is 1. The van der Waals surface area contributed by atoms with E-state index in [1.807, 2.05) is 18.4 Å².